The van der Waals surface area contributed by atoms with Crippen molar-refractivity contribution in [2.45, 2.75) is 59.7 Å². The van der Waals surface area contributed by atoms with E-state index in [0.29, 0.717) is 5.69 Å². The minimum absolute atomic E-state index is 0.00565. The molecule has 0 saturated heterocycles. The first-order valence-electron chi connectivity index (χ1n) is 5.90. The molecule has 1 heterocycles. The van der Waals surface area contributed by atoms with Gasteiger partial charge in [-0.25, -0.2) is 0 Å². The number of nitrogens with zero attached hydrogens (tertiary/aromatic N) is 2. The van der Waals surface area contributed by atoms with Gasteiger partial charge in [0.25, 0.3) is 0 Å². The Hall–Kier alpha value is -1.00. The Morgan fingerprint density at radius 3 is 1.82 bits per heavy atom. The van der Waals surface area contributed by atoms with Crippen molar-refractivity contribution in [2.24, 2.45) is 0 Å². The van der Waals surface area contributed by atoms with Crippen molar-refractivity contribution in [1.82, 2.24) is 9.78 Å². The van der Waals surface area contributed by atoms with E-state index in [0.717, 1.165) is 10.7 Å². The third kappa shape index (κ3) is 4.06. The maximum absolute atomic E-state index is 12.6. The molecule has 1 rings (SSSR count). The lowest BCUT2D eigenvalue weighted by atomic mass is 10.1. The van der Waals surface area contributed by atoms with Crippen molar-refractivity contribution in [3.63, 3.8) is 0 Å². The van der Waals surface area contributed by atoms with Gasteiger partial charge in [0, 0.05) is 6.04 Å². The molecule has 1 aromatic heterocycles. The summed E-state index contributed by atoms with van der Waals surface area (Å²) >= 11 is 0. The highest BCUT2D eigenvalue weighted by Gasteiger charge is 2.36. The second kappa shape index (κ2) is 6.07. The second-order valence-corrected chi connectivity index (χ2v) is 4.15. The lowest BCUT2D eigenvalue weighted by molar-refractivity contribution is -0.144. The molecule has 0 N–H and O–H groups in total. The van der Waals surface area contributed by atoms with E-state index in [1.165, 1.54) is 0 Å². The van der Waals surface area contributed by atoms with E-state index in [1.54, 1.807) is 13.8 Å². The minimum Gasteiger partial charge on any atom is -0.258 e. The predicted octanol–water partition coefficient (Wildman–Crippen LogP) is 4.63. The Bertz CT molecular complexity index is 338. The molecule has 0 aromatic carbocycles. The van der Waals surface area contributed by atoms with Gasteiger partial charge in [0.2, 0.25) is 0 Å². The van der Waals surface area contributed by atoms with Crippen molar-refractivity contribution in [2.75, 3.05) is 0 Å². The van der Waals surface area contributed by atoms with Gasteiger partial charge < -0.3 is 0 Å². The monoisotopic (exact) mass is 250 g/mol. The van der Waals surface area contributed by atoms with Crippen LogP contribution in [0.15, 0.2) is 6.07 Å². The molecule has 0 aliphatic rings. The molecule has 2 nitrogen and oxygen atoms in total. The van der Waals surface area contributed by atoms with Crippen LogP contribution >= 0.6 is 0 Å². The Balaban J connectivity index is 0.00000121. The Morgan fingerprint density at radius 2 is 1.59 bits per heavy atom. The standard InChI is InChI=1S/C10H15F3N2.C2H6/c1-6(2)8-5-9(10(11,12)13)15(14-8)7(3)4;1-2/h5-7H,1-4H3;1-2H3. The topological polar surface area (TPSA) is 17.8 Å². The predicted molar refractivity (Wildman–Crippen MR) is 63.1 cm³/mol. The van der Waals surface area contributed by atoms with E-state index in [-0.39, 0.29) is 12.0 Å². The van der Waals surface area contributed by atoms with Crippen LogP contribution in [0.1, 0.15) is 64.9 Å². The molecule has 0 radical (unpaired) electrons. The van der Waals surface area contributed by atoms with Crippen LogP contribution < -0.4 is 0 Å². The van der Waals surface area contributed by atoms with Crippen LogP contribution in [0.3, 0.4) is 0 Å². The number of halogens is 3. The molecule has 0 amide bonds. The number of rotatable bonds is 2. The fourth-order valence-corrected chi connectivity index (χ4v) is 1.30. The molecule has 0 atom stereocenters. The van der Waals surface area contributed by atoms with Gasteiger partial charge in [-0.3, -0.25) is 4.68 Å². The molecule has 17 heavy (non-hydrogen) atoms. The van der Waals surface area contributed by atoms with Gasteiger partial charge in [-0.15, -0.1) is 0 Å². The fraction of sp³-hybridized carbons (Fsp3) is 0.750. The maximum atomic E-state index is 12.6. The van der Waals surface area contributed by atoms with Gasteiger partial charge >= 0.3 is 6.18 Å². The van der Waals surface area contributed by atoms with Crippen molar-refractivity contribution in [1.29, 1.82) is 0 Å². The van der Waals surface area contributed by atoms with Crippen molar-refractivity contribution in [3.8, 4) is 0 Å². The Morgan fingerprint density at radius 1 is 1.12 bits per heavy atom. The summed E-state index contributed by atoms with van der Waals surface area (Å²) in [5.74, 6) is 0.00565. The Kier molecular flexibility index (Phi) is 5.72. The molecule has 0 saturated carbocycles. The molecular formula is C12H21F3N2. The Labute approximate surface area is 101 Å². The van der Waals surface area contributed by atoms with Gasteiger partial charge in [0.05, 0.1) is 5.69 Å². The van der Waals surface area contributed by atoms with Crippen LogP contribution in [0.4, 0.5) is 13.2 Å². The van der Waals surface area contributed by atoms with Crippen LogP contribution in [0.5, 0.6) is 0 Å². The van der Waals surface area contributed by atoms with Crippen LogP contribution in [0, 0.1) is 0 Å². The molecule has 0 spiro atoms. The third-order valence-electron chi connectivity index (χ3n) is 2.13. The number of alkyl halides is 3. The van der Waals surface area contributed by atoms with Crippen LogP contribution in [-0.2, 0) is 6.18 Å². The SMILES string of the molecule is CC.CC(C)c1cc(C(F)(F)F)n(C(C)C)n1. The zero-order valence-corrected chi connectivity index (χ0v) is 11.3. The van der Waals surface area contributed by atoms with E-state index < -0.39 is 11.9 Å². The van der Waals surface area contributed by atoms with Gasteiger partial charge in [0.1, 0.15) is 5.69 Å². The third-order valence-corrected chi connectivity index (χ3v) is 2.13. The first kappa shape index (κ1) is 16.0. The van der Waals surface area contributed by atoms with Crippen molar-refractivity contribution < 1.29 is 13.2 Å². The number of aromatic nitrogens is 2. The summed E-state index contributed by atoms with van der Waals surface area (Å²) in [4.78, 5) is 0. The molecule has 0 fully saturated rings. The van der Waals surface area contributed by atoms with Crippen molar-refractivity contribution in [3.05, 3.63) is 17.5 Å². The van der Waals surface area contributed by atoms with E-state index in [9.17, 15) is 13.2 Å². The molecule has 1 aromatic rings. The molecule has 5 heteroatoms. The zero-order chi connectivity index (χ0) is 13.8. The minimum atomic E-state index is -4.33. The average Bonchev–Trinajstić information content (AvgIpc) is 2.64. The van der Waals surface area contributed by atoms with Gasteiger partial charge in [0.15, 0.2) is 0 Å². The number of hydrogen-bond acceptors (Lipinski definition) is 1. The molecule has 0 aliphatic carbocycles. The van der Waals surface area contributed by atoms with Gasteiger partial charge in [-0.05, 0) is 25.8 Å². The molecule has 0 bridgehead atoms. The van der Waals surface area contributed by atoms with Crippen LogP contribution in [-0.4, -0.2) is 9.78 Å². The lowest BCUT2D eigenvalue weighted by Gasteiger charge is -2.12. The van der Waals surface area contributed by atoms with Gasteiger partial charge in [-0.2, -0.15) is 18.3 Å². The van der Waals surface area contributed by atoms with E-state index in [4.69, 9.17) is 0 Å². The summed E-state index contributed by atoms with van der Waals surface area (Å²) in [6.45, 7) is 11.0. The molecular weight excluding hydrogens is 229 g/mol. The largest absolute Gasteiger partial charge is 0.433 e. The smallest absolute Gasteiger partial charge is 0.258 e. The summed E-state index contributed by atoms with van der Waals surface area (Å²) in [5, 5.41) is 3.97. The fourth-order valence-electron chi connectivity index (χ4n) is 1.30. The van der Waals surface area contributed by atoms with Crippen LogP contribution in [0.2, 0.25) is 0 Å². The van der Waals surface area contributed by atoms with Crippen molar-refractivity contribution >= 4 is 0 Å². The van der Waals surface area contributed by atoms with E-state index in [2.05, 4.69) is 5.10 Å². The highest BCUT2D eigenvalue weighted by Crippen LogP contribution is 2.32. The molecule has 0 aliphatic heterocycles. The summed E-state index contributed by atoms with van der Waals surface area (Å²) in [6.07, 6.45) is -4.33. The highest BCUT2D eigenvalue weighted by molar-refractivity contribution is 5.16. The maximum Gasteiger partial charge on any atom is 0.433 e. The van der Waals surface area contributed by atoms with Gasteiger partial charge in [-0.1, -0.05) is 27.7 Å². The second-order valence-electron chi connectivity index (χ2n) is 4.15. The van der Waals surface area contributed by atoms with E-state index in [1.807, 2.05) is 27.7 Å². The first-order valence-corrected chi connectivity index (χ1v) is 5.90. The summed E-state index contributed by atoms with van der Waals surface area (Å²) in [5.41, 5.74) is -0.183. The summed E-state index contributed by atoms with van der Waals surface area (Å²) < 4.78 is 38.9. The summed E-state index contributed by atoms with van der Waals surface area (Å²) in [7, 11) is 0. The zero-order valence-electron chi connectivity index (χ0n) is 11.3. The normalized spacial score (nSPS) is 11.7. The average molecular weight is 250 g/mol. The number of hydrogen-bond donors (Lipinski definition) is 0. The summed E-state index contributed by atoms with van der Waals surface area (Å²) in [6, 6.07) is 0.846. The quantitative estimate of drug-likeness (QED) is 0.748. The molecule has 0 unspecified atom stereocenters. The van der Waals surface area contributed by atoms with Crippen LogP contribution in [0.25, 0.3) is 0 Å². The van der Waals surface area contributed by atoms with E-state index >= 15 is 0 Å². The molecule has 100 valence electrons. The lowest BCUT2D eigenvalue weighted by Crippen LogP contribution is -2.16. The first-order chi connectivity index (χ1) is 7.73. The highest BCUT2D eigenvalue weighted by atomic mass is 19.4.